The van der Waals surface area contributed by atoms with E-state index >= 15 is 0 Å². The Kier molecular flexibility index (Phi) is 2.48. The molecule has 1 aromatic rings. The zero-order valence-corrected chi connectivity index (χ0v) is 7.72. The molecule has 0 saturated carbocycles. The van der Waals surface area contributed by atoms with Crippen LogP contribution < -0.4 is 0 Å². The monoisotopic (exact) mass is 163 g/mol. The lowest BCUT2D eigenvalue weighted by Crippen LogP contribution is -1.92. The zero-order chi connectivity index (χ0) is 9.14. The van der Waals surface area contributed by atoms with E-state index in [-0.39, 0.29) is 0 Å². The van der Waals surface area contributed by atoms with Gasteiger partial charge in [-0.3, -0.25) is 4.98 Å². The molecule has 1 rings (SSSR count). The van der Waals surface area contributed by atoms with Crippen LogP contribution in [0, 0.1) is 13.8 Å². The van der Waals surface area contributed by atoms with E-state index in [1.54, 1.807) is 13.3 Å². The molecule has 0 atom stereocenters. The summed E-state index contributed by atoms with van der Waals surface area (Å²) in [5.41, 5.74) is 3.14. The molecule has 1 aromatic heterocycles. The number of methoxy groups -OCH3 is 1. The Morgan fingerprint density at radius 2 is 2.17 bits per heavy atom. The number of hydrogen-bond donors (Lipinski definition) is 0. The van der Waals surface area contributed by atoms with Crippen molar-refractivity contribution in [3.63, 3.8) is 0 Å². The van der Waals surface area contributed by atoms with Crippen molar-refractivity contribution in [2.45, 2.75) is 13.8 Å². The first kappa shape index (κ1) is 8.78. The predicted molar refractivity (Wildman–Crippen MR) is 49.8 cm³/mol. The average molecular weight is 163 g/mol. The first-order valence-electron chi connectivity index (χ1n) is 3.81. The molecular formula is C10H13NO. The van der Waals surface area contributed by atoms with Gasteiger partial charge in [0.25, 0.3) is 0 Å². The summed E-state index contributed by atoms with van der Waals surface area (Å²) >= 11 is 0. The van der Waals surface area contributed by atoms with Gasteiger partial charge in [-0.2, -0.15) is 0 Å². The lowest BCUT2D eigenvalue weighted by molar-refractivity contribution is 0.371. The summed E-state index contributed by atoms with van der Waals surface area (Å²) < 4.78 is 5.02. The van der Waals surface area contributed by atoms with E-state index in [2.05, 4.69) is 11.6 Å². The molecule has 0 aliphatic rings. The maximum absolute atomic E-state index is 5.02. The average Bonchev–Trinajstić information content (AvgIpc) is 2.03. The van der Waals surface area contributed by atoms with Gasteiger partial charge in [-0.05, 0) is 25.5 Å². The van der Waals surface area contributed by atoms with E-state index in [1.165, 1.54) is 0 Å². The zero-order valence-electron chi connectivity index (χ0n) is 7.72. The van der Waals surface area contributed by atoms with Crippen LogP contribution in [0.2, 0.25) is 0 Å². The summed E-state index contributed by atoms with van der Waals surface area (Å²) in [7, 11) is 1.61. The summed E-state index contributed by atoms with van der Waals surface area (Å²) in [4.78, 5) is 4.17. The van der Waals surface area contributed by atoms with E-state index in [0.29, 0.717) is 5.76 Å². The molecule has 0 amide bonds. The van der Waals surface area contributed by atoms with Crippen molar-refractivity contribution in [2.75, 3.05) is 7.11 Å². The molecule has 1 heterocycles. The number of ether oxygens (including phenoxy) is 1. The fourth-order valence-electron chi connectivity index (χ4n) is 1.10. The van der Waals surface area contributed by atoms with Crippen LogP contribution in [0.3, 0.4) is 0 Å². The van der Waals surface area contributed by atoms with Gasteiger partial charge >= 0.3 is 0 Å². The summed E-state index contributed by atoms with van der Waals surface area (Å²) in [5, 5.41) is 0. The molecule has 64 valence electrons. The highest BCUT2D eigenvalue weighted by molar-refractivity contribution is 5.59. The summed E-state index contributed by atoms with van der Waals surface area (Å²) in [6.07, 6.45) is 1.79. The molecule has 0 unspecified atom stereocenters. The quantitative estimate of drug-likeness (QED) is 0.624. The van der Waals surface area contributed by atoms with Crippen LogP contribution in [-0.2, 0) is 4.74 Å². The van der Waals surface area contributed by atoms with Crippen molar-refractivity contribution in [3.05, 3.63) is 35.7 Å². The minimum atomic E-state index is 0.667. The highest BCUT2D eigenvalue weighted by Gasteiger charge is 2.02. The third-order valence-electron chi connectivity index (χ3n) is 1.79. The molecule has 0 aliphatic heterocycles. The van der Waals surface area contributed by atoms with Crippen molar-refractivity contribution in [1.82, 2.24) is 4.98 Å². The third-order valence-corrected chi connectivity index (χ3v) is 1.79. The molecular weight excluding hydrogens is 150 g/mol. The molecule has 0 spiro atoms. The number of nitrogens with zero attached hydrogens (tertiary/aromatic N) is 1. The Balaban J connectivity index is 3.09. The minimum absolute atomic E-state index is 0.667. The van der Waals surface area contributed by atoms with Gasteiger partial charge in [0.15, 0.2) is 0 Å². The largest absolute Gasteiger partial charge is 0.497 e. The van der Waals surface area contributed by atoms with E-state index in [1.807, 2.05) is 19.9 Å². The van der Waals surface area contributed by atoms with Crippen LogP contribution in [0.4, 0.5) is 0 Å². The Labute approximate surface area is 72.9 Å². The van der Waals surface area contributed by atoms with Crippen LogP contribution in [0.1, 0.15) is 16.8 Å². The second-order valence-corrected chi connectivity index (χ2v) is 2.77. The lowest BCUT2D eigenvalue weighted by Gasteiger charge is -2.07. The maximum Gasteiger partial charge on any atom is 0.120 e. The lowest BCUT2D eigenvalue weighted by atomic mass is 10.1. The summed E-state index contributed by atoms with van der Waals surface area (Å²) in [6.45, 7) is 7.76. The first-order valence-corrected chi connectivity index (χ1v) is 3.81. The molecule has 0 aromatic carbocycles. The standard InChI is InChI=1S/C10H13NO/c1-7-5-8(2)11-6-10(7)9(3)12-4/h5-6H,3H2,1-2,4H3. The van der Waals surface area contributed by atoms with Gasteiger partial charge in [0.05, 0.1) is 7.11 Å². The Bertz CT molecular complexity index is 305. The second-order valence-electron chi connectivity index (χ2n) is 2.77. The van der Waals surface area contributed by atoms with Crippen LogP contribution in [0.5, 0.6) is 0 Å². The van der Waals surface area contributed by atoms with Crippen LogP contribution in [0.15, 0.2) is 18.8 Å². The highest BCUT2D eigenvalue weighted by atomic mass is 16.5. The second kappa shape index (κ2) is 3.39. The smallest absolute Gasteiger partial charge is 0.120 e. The van der Waals surface area contributed by atoms with Gasteiger partial charge in [0.1, 0.15) is 5.76 Å². The molecule has 0 fully saturated rings. The highest BCUT2D eigenvalue weighted by Crippen LogP contribution is 2.16. The normalized spacial score (nSPS) is 9.58. The SMILES string of the molecule is C=C(OC)c1cnc(C)cc1C. The van der Waals surface area contributed by atoms with Crippen LogP contribution in [0.25, 0.3) is 5.76 Å². The molecule has 0 aliphatic carbocycles. The Morgan fingerprint density at radius 3 is 2.67 bits per heavy atom. The van der Waals surface area contributed by atoms with Gasteiger partial charge in [-0.1, -0.05) is 6.58 Å². The van der Waals surface area contributed by atoms with Gasteiger partial charge < -0.3 is 4.74 Å². The van der Waals surface area contributed by atoms with Gasteiger partial charge in [-0.15, -0.1) is 0 Å². The summed E-state index contributed by atoms with van der Waals surface area (Å²) in [6, 6.07) is 2.01. The Hall–Kier alpha value is -1.31. The minimum Gasteiger partial charge on any atom is -0.497 e. The van der Waals surface area contributed by atoms with Gasteiger partial charge in [0.2, 0.25) is 0 Å². The first-order chi connectivity index (χ1) is 5.65. The summed E-state index contributed by atoms with van der Waals surface area (Å²) in [5.74, 6) is 0.667. The fraction of sp³-hybridized carbons (Fsp3) is 0.300. The molecule has 0 saturated heterocycles. The number of hydrogen-bond acceptors (Lipinski definition) is 2. The van der Waals surface area contributed by atoms with Crippen molar-refractivity contribution in [1.29, 1.82) is 0 Å². The van der Waals surface area contributed by atoms with Gasteiger partial charge in [0, 0.05) is 17.5 Å². The van der Waals surface area contributed by atoms with Crippen LogP contribution in [-0.4, -0.2) is 12.1 Å². The molecule has 12 heavy (non-hydrogen) atoms. The van der Waals surface area contributed by atoms with E-state index < -0.39 is 0 Å². The topological polar surface area (TPSA) is 22.1 Å². The van der Waals surface area contributed by atoms with Crippen molar-refractivity contribution >= 4 is 5.76 Å². The van der Waals surface area contributed by atoms with E-state index in [0.717, 1.165) is 16.8 Å². The number of rotatable bonds is 2. The number of pyridine rings is 1. The van der Waals surface area contributed by atoms with Crippen LogP contribution >= 0.6 is 0 Å². The molecule has 0 radical (unpaired) electrons. The molecule has 2 heteroatoms. The maximum atomic E-state index is 5.02. The van der Waals surface area contributed by atoms with Crippen molar-refractivity contribution in [2.24, 2.45) is 0 Å². The molecule has 2 nitrogen and oxygen atoms in total. The van der Waals surface area contributed by atoms with Crippen molar-refractivity contribution < 1.29 is 4.74 Å². The number of aromatic nitrogens is 1. The third kappa shape index (κ3) is 1.64. The number of aryl methyl sites for hydroxylation is 2. The van der Waals surface area contributed by atoms with E-state index in [4.69, 9.17) is 4.74 Å². The Morgan fingerprint density at radius 1 is 1.50 bits per heavy atom. The predicted octanol–water partition coefficient (Wildman–Crippen LogP) is 2.32. The molecule has 0 bridgehead atoms. The van der Waals surface area contributed by atoms with Crippen molar-refractivity contribution in [3.8, 4) is 0 Å². The fourth-order valence-corrected chi connectivity index (χ4v) is 1.10. The molecule has 0 N–H and O–H groups in total. The van der Waals surface area contributed by atoms with E-state index in [9.17, 15) is 0 Å². The van der Waals surface area contributed by atoms with Gasteiger partial charge in [-0.25, -0.2) is 0 Å².